The van der Waals surface area contributed by atoms with Crippen LogP contribution in [0.3, 0.4) is 0 Å². The minimum absolute atomic E-state index is 0.441. The Kier molecular flexibility index (Phi) is 1.90. The highest BCUT2D eigenvalue weighted by Crippen LogP contribution is 2.41. The second kappa shape index (κ2) is 2.64. The Bertz CT molecular complexity index is 160. The van der Waals surface area contributed by atoms with Gasteiger partial charge in [-0.3, -0.25) is 4.90 Å². The van der Waals surface area contributed by atoms with Gasteiger partial charge in [0.2, 0.25) is 0 Å². The molecule has 0 amide bonds. The first kappa shape index (κ1) is 7.90. The molecule has 0 aromatic carbocycles. The Morgan fingerprint density at radius 3 is 2.91 bits per heavy atom. The third-order valence-electron chi connectivity index (χ3n) is 2.84. The zero-order valence-corrected chi connectivity index (χ0v) is 8.10. The van der Waals surface area contributed by atoms with Crippen LogP contribution in [-0.2, 0) is 4.74 Å². The van der Waals surface area contributed by atoms with Gasteiger partial charge < -0.3 is 4.74 Å². The van der Waals surface area contributed by atoms with Gasteiger partial charge in [0.1, 0.15) is 12.3 Å². The van der Waals surface area contributed by atoms with Gasteiger partial charge in [-0.05, 0) is 26.6 Å². The molecule has 4 atom stereocenters. The summed E-state index contributed by atoms with van der Waals surface area (Å²) < 4.78 is 5.57. The van der Waals surface area contributed by atoms with Crippen molar-refractivity contribution in [1.29, 1.82) is 0 Å². The standard InChI is InChI=1S/C8H15NOS/c1-5-4-6(11-3)7-8(10-7)9(5)2/h5-8H,4H2,1-3H3/t5?,6?,7-,8?/m1/s1. The molecule has 3 heteroatoms. The van der Waals surface area contributed by atoms with Crippen LogP contribution >= 0.6 is 11.8 Å². The highest BCUT2D eigenvalue weighted by Gasteiger charge is 2.52. The number of fused-ring (bicyclic) bond motifs is 1. The molecular formula is C8H15NOS. The van der Waals surface area contributed by atoms with Crippen molar-refractivity contribution in [2.24, 2.45) is 0 Å². The lowest BCUT2D eigenvalue weighted by Crippen LogP contribution is -2.41. The van der Waals surface area contributed by atoms with Gasteiger partial charge in [-0.2, -0.15) is 11.8 Å². The van der Waals surface area contributed by atoms with Crippen LogP contribution in [0.2, 0.25) is 0 Å². The van der Waals surface area contributed by atoms with Gasteiger partial charge >= 0.3 is 0 Å². The molecule has 0 aromatic heterocycles. The maximum absolute atomic E-state index is 5.57. The fraction of sp³-hybridized carbons (Fsp3) is 1.00. The molecule has 2 heterocycles. The number of hydrogen-bond donors (Lipinski definition) is 0. The number of likely N-dealkylation sites (tertiary alicyclic amines) is 1. The predicted octanol–water partition coefficient (Wildman–Crippen LogP) is 1.17. The van der Waals surface area contributed by atoms with Crippen LogP contribution in [0, 0.1) is 0 Å². The molecule has 3 unspecified atom stereocenters. The van der Waals surface area contributed by atoms with Crippen molar-refractivity contribution in [2.75, 3.05) is 13.3 Å². The lowest BCUT2D eigenvalue weighted by atomic mass is 10.0. The smallest absolute Gasteiger partial charge is 0.138 e. The van der Waals surface area contributed by atoms with Gasteiger partial charge in [-0.15, -0.1) is 0 Å². The largest absolute Gasteiger partial charge is 0.352 e. The van der Waals surface area contributed by atoms with Gasteiger partial charge in [0.15, 0.2) is 0 Å². The third kappa shape index (κ3) is 1.19. The number of ether oxygens (including phenoxy) is 1. The molecule has 2 fully saturated rings. The number of epoxide rings is 1. The van der Waals surface area contributed by atoms with Crippen LogP contribution in [0.25, 0.3) is 0 Å². The van der Waals surface area contributed by atoms with Crippen molar-refractivity contribution < 1.29 is 4.74 Å². The first-order valence-corrected chi connectivity index (χ1v) is 5.43. The molecule has 2 aliphatic rings. The quantitative estimate of drug-likeness (QED) is 0.554. The fourth-order valence-corrected chi connectivity index (χ4v) is 2.77. The molecule has 0 radical (unpaired) electrons. The summed E-state index contributed by atoms with van der Waals surface area (Å²) in [6, 6.07) is 0.691. The second-order valence-corrected chi connectivity index (χ2v) is 4.59. The molecule has 2 rings (SSSR count). The summed E-state index contributed by atoms with van der Waals surface area (Å²) in [6.45, 7) is 2.28. The van der Waals surface area contributed by atoms with E-state index in [4.69, 9.17) is 4.74 Å². The first-order valence-electron chi connectivity index (χ1n) is 4.14. The van der Waals surface area contributed by atoms with Crippen molar-refractivity contribution in [2.45, 2.75) is 37.0 Å². The van der Waals surface area contributed by atoms with E-state index in [1.54, 1.807) is 0 Å². The van der Waals surface area contributed by atoms with E-state index < -0.39 is 0 Å². The van der Waals surface area contributed by atoms with Crippen molar-refractivity contribution in [3.8, 4) is 0 Å². The van der Waals surface area contributed by atoms with Gasteiger partial charge in [0.05, 0.1) is 0 Å². The maximum Gasteiger partial charge on any atom is 0.138 e. The molecular weight excluding hydrogens is 158 g/mol. The highest BCUT2D eigenvalue weighted by atomic mass is 32.2. The van der Waals surface area contributed by atoms with E-state index >= 15 is 0 Å². The molecule has 0 saturated carbocycles. The molecule has 64 valence electrons. The van der Waals surface area contributed by atoms with Gasteiger partial charge in [0.25, 0.3) is 0 Å². The Hall–Kier alpha value is 0.270. The summed E-state index contributed by atoms with van der Waals surface area (Å²) in [6.07, 6.45) is 4.43. The minimum Gasteiger partial charge on any atom is -0.352 e. The number of nitrogens with zero attached hydrogens (tertiary/aromatic N) is 1. The van der Waals surface area contributed by atoms with E-state index in [1.807, 2.05) is 11.8 Å². The number of likely N-dealkylation sites (N-methyl/N-ethyl adjacent to an activating group) is 1. The van der Waals surface area contributed by atoms with E-state index in [0.29, 0.717) is 18.4 Å². The van der Waals surface area contributed by atoms with E-state index in [2.05, 4.69) is 25.1 Å². The molecule has 2 aliphatic heterocycles. The predicted molar refractivity (Wildman–Crippen MR) is 47.8 cm³/mol. The first-order chi connectivity index (χ1) is 5.24. The van der Waals surface area contributed by atoms with Crippen molar-refractivity contribution in [1.82, 2.24) is 4.90 Å². The van der Waals surface area contributed by atoms with Crippen LogP contribution in [-0.4, -0.2) is 41.8 Å². The van der Waals surface area contributed by atoms with Crippen molar-refractivity contribution >= 4 is 11.8 Å². The summed E-state index contributed by atoms with van der Waals surface area (Å²) in [7, 11) is 2.16. The highest BCUT2D eigenvalue weighted by molar-refractivity contribution is 7.99. The van der Waals surface area contributed by atoms with Gasteiger partial charge in [0, 0.05) is 11.3 Å². The van der Waals surface area contributed by atoms with Gasteiger partial charge in [-0.25, -0.2) is 0 Å². The van der Waals surface area contributed by atoms with E-state index in [-0.39, 0.29) is 0 Å². The third-order valence-corrected chi connectivity index (χ3v) is 3.91. The Balaban J connectivity index is 2.02. The fourth-order valence-electron chi connectivity index (χ4n) is 1.83. The van der Waals surface area contributed by atoms with E-state index in [1.165, 1.54) is 6.42 Å². The molecule has 0 aliphatic carbocycles. The number of piperidine rings is 1. The summed E-state index contributed by atoms with van der Waals surface area (Å²) in [5, 5.41) is 0.742. The molecule has 0 spiro atoms. The Morgan fingerprint density at radius 2 is 2.27 bits per heavy atom. The van der Waals surface area contributed by atoms with Gasteiger partial charge in [-0.1, -0.05) is 0 Å². The molecule has 0 aromatic rings. The lowest BCUT2D eigenvalue weighted by Gasteiger charge is -2.30. The van der Waals surface area contributed by atoms with Crippen LogP contribution in [0.4, 0.5) is 0 Å². The van der Waals surface area contributed by atoms with Crippen LogP contribution in [0.5, 0.6) is 0 Å². The summed E-state index contributed by atoms with van der Waals surface area (Å²) in [4.78, 5) is 2.34. The normalized spacial score (nSPS) is 50.5. The van der Waals surface area contributed by atoms with Crippen LogP contribution in [0.1, 0.15) is 13.3 Å². The zero-order valence-electron chi connectivity index (χ0n) is 7.28. The van der Waals surface area contributed by atoms with Crippen molar-refractivity contribution in [3.63, 3.8) is 0 Å². The summed E-state index contributed by atoms with van der Waals surface area (Å²) in [5.74, 6) is 0. The molecule has 0 bridgehead atoms. The second-order valence-electron chi connectivity index (χ2n) is 3.52. The monoisotopic (exact) mass is 173 g/mol. The van der Waals surface area contributed by atoms with Crippen LogP contribution < -0.4 is 0 Å². The number of hydrogen-bond acceptors (Lipinski definition) is 3. The number of rotatable bonds is 1. The summed E-state index contributed by atoms with van der Waals surface area (Å²) in [5.41, 5.74) is 0. The van der Waals surface area contributed by atoms with Crippen molar-refractivity contribution in [3.05, 3.63) is 0 Å². The average Bonchev–Trinajstić information content (AvgIpc) is 2.76. The van der Waals surface area contributed by atoms with E-state index in [9.17, 15) is 0 Å². The maximum atomic E-state index is 5.57. The average molecular weight is 173 g/mol. The van der Waals surface area contributed by atoms with Crippen LogP contribution in [0.15, 0.2) is 0 Å². The Labute approximate surface area is 72.3 Å². The van der Waals surface area contributed by atoms with E-state index in [0.717, 1.165) is 5.25 Å². The Morgan fingerprint density at radius 1 is 1.55 bits per heavy atom. The zero-order chi connectivity index (χ0) is 8.01. The molecule has 2 nitrogen and oxygen atoms in total. The lowest BCUT2D eigenvalue weighted by molar-refractivity contribution is 0.162. The molecule has 11 heavy (non-hydrogen) atoms. The minimum atomic E-state index is 0.441. The number of thioether (sulfide) groups is 1. The molecule has 0 N–H and O–H groups in total. The SMILES string of the molecule is CSC1CC(C)N(C)C2O[C@H]12. The summed E-state index contributed by atoms with van der Waals surface area (Å²) >= 11 is 1.95. The molecule has 2 saturated heterocycles. The topological polar surface area (TPSA) is 15.8 Å².